The molecular weight excluding hydrogens is 1150 g/mol. The highest BCUT2D eigenvalue weighted by Gasteiger charge is 2.16. The second kappa shape index (κ2) is 83.5. The zero-order valence-corrected chi connectivity index (χ0v) is 62.5. The van der Waals surface area contributed by atoms with E-state index in [1.807, 2.05) is 0 Å². The fourth-order valence-electron chi connectivity index (χ4n) is 12.1. The van der Waals surface area contributed by atoms with Crippen LogP contribution in [0.1, 0.15) is 412 Å². The molecule has 0 fully saturated rings. The minimum atomic E-state index is -0.781. The molecule has 0 aliphatic heterocycles. The molecule has 0 heterocycles. The highest BCUT2D eigenvalue weighted by atomic mass is 16.6. The molecule has 0 aromatic rings. The topological polar surface area (TPSA) is 72.8 Å². The van der Waals surface area contributed by atoms with Crippen molar-refractivity contribution in [2.75, 3.05) is 13.2 Å². The number of esters is 2. The van der Waals surface area contributed by atoms with Crippen LogP contribution in [0.25, 0.3) is 0 Å². The maximum Gasteiger partial charge on any atom is 0.306 e. The number of carbonyl (C=O) groups is 2. The Morgan fingerprint density at radius 2 is 0.457 bits per heavy atom. The zero-order valence-electron chi connectivity index (χ0n) is 62.5. The predicted octanol–water partition coefficient (Wildman–Crippen LogP) is 29.2. The lowest BCUT2D eigenvalue weighted by atomic mass is 10.0. The summed E-state index contributed by atoms with van der Waals surface area (Å²) in [4.78, 5) is 24.7. The van der Waals surface area contributed by atoms with Crippen molar-refractivity contribution in [2.24, 2.45) is 0 Å². The monoisotopic (exact) mass is 1310 g/mol. The van der Waals surface area contributed by atoms with Crippen molar-refractivity contribution in [1.82, 2.24) is 0 Å². The van der Waals surface area contributed by atoms with Gasteiger partial charge in [-0.15, -0.1) is 0 Å². The first-order valence-corrected chi connectivity index (χ1v) is 41.1. The van der Waals surface area contributed by atoms with E-state index in [9.17, 15) is 14.7 Å². The Bertz CT molecular complexity index is 1820. The molecule has 0 aliphatic carbocycles. The number of hydrogen-bond acceptors (Lipinski definition) is 5. The molecule has 0 amide bonds. The Balaban J connectivity index is 3.44. The van der Waals surface area contributed by atoms with Crippen LogP contribution >= 0.6 is 0 Å². The van der Waals surface area contributed by atoms with Crippen LogP contribution in [0.2, 0.25) is 0 Å². The molecular formula is C89H156O5. The lowest BCUT2D eigenvalue weighted by Gasteiger charge is -2.15. The zero-order chi connectivity index (χ0) is 67.5. The first-order valence-electron chi connectivity index (χ1n) is 41.1. The third-order valence-corrected chi connectivity index (χ3v) is 18.2. The number of aliphatic hydroxyl groups excluding tert-OH is 1. The van der Waals surface area contributed by atoms with Gasteiger partial charge in [0.2, 0.25) is 0 Å². The van der Waals surface area contributed by atoms with Gasteiger partial charge in [0.15, 0.2) is 6.10 Å². The first kappa shape index (κ1) is 90.3. The quantitative estimate of drug-likeness (QED) is 0.0373. The minimum Gasteiger partial charge on any atom is -0.462 e. The Kier molecular flexibility index (Phi) is 80.2. The summed E-state index contributed by atoms with van der Waals surface area (Å²) in [6.07, 6.45) is 123. The molecule has 0 aromatic heterocycles. The fraction of sp³-hybridized carbons (Fsp3) is 0.753. The maximum atomic E-state index is 12.4. The van der Waals surface area contributed by atoms with Gasteiger partial charge in [0.25, 0.3) is 0 Å². The molecule has 5 nitrogen and oxygen atoms in total. The highest BCUT2D eigenvalue weighted by molar-refractivity contribution is 5.70. The highest BCUT2D eigenvalue weighted by Crippen LogP contribution is 2.19. The van der Waals surface area contributed by atoms with E-state index in [1.54, 1.807) is 0 Å². The van der Waals surface area contributed by atoms with E-state index in [1.165, 1.54) is 289 Å². The van der Waals surface area contributed by atoms with E-state index in [-0.39, 0.29) is 25.2 Å². The van der Waals surface area contributed by atoms with Crippen molar-refractivity contribution in [3.8, 4) is 0 Å². The largest absolute Gasteiger partial charge is 0.462 e. The lowest BCUT2D eigenvalue weighted by Crippen LogP contribution is -2.28. The van der Waals surface area contributed by atoms with Crippen LogP contribution in [0.5, 0.6) is 0 Å². The van der Waals surface area contributed by atoms with E-state index in [2.05, 4.69) is 135 Å². The summed E-state index contributed by atoms with van der Waals surface area (Å²) in [6.45, 7) is 4.07. The molecule has 0 rings (SSSR count). The van der Waals surface area contributed by atoms with Crippen LogP contribution < -0.4 is 0 Å². The van der Waals surface area contributed by atoms with Crippen molar-refractivity contribution >= 4 is 11.9 Å². The smallest absolute Gasteiger partial charge is 0.306 e. The third-order valence-electron chi connectivity index (χ3n) is 18.2. The van der Waals surface area contributed by atoms with Gasteiger partial charge >= 0.3 is 11.9 Å². The van der Waals surface area contributed by atoms with Crippen LogP contribution in [0.4, 0.5) is 0 Å². The first-order chi connectivity index (χ1) is 46.6. The van der Waals surface area contributed by atoms with Gasteiger partial charge in [-0.05, 0) is 109 Å². The fourth-order valence-corrected chi connectivity index (χ4v) is 12.1. The standard InChI is InChI=1S/C89H156O5/c1-3-5-7-9-11-13-15-17-19-21-23-25-27-29-31-33-35-37-39-41-43-44-46-47-49-51-53-55-57-59-61-63-65-67-69-71-73-75-77-79-81-83-88(91)93-86-87(85-90)94-89(92)84-82-80-78-76-74-72-70-68-66-64-62-60-58-56-54-52-50-48-45-42-40-38-36-34-32-30-28-26-24-22-20-18-16-14-12-10-8-6-4-2/h6,8,12,14,18,20-21,23-24,26,30,32,36,38,42,45,50,52,56,58,87,90H,3-5,7,9-11,13,15-17,19,22,25,27-29,31,33-35,37,39-41,43-44,46-49,51,53-55,57,59-86H2,1-2H3/b8-6-,14-12-,20-18-,23-21-,26-24-,32-30-,38-36-,45-42-,52-50-,58-56-. The van der Waals surface area contributed by atoms with Crippen molar-refractivity contribution in [2.45, 2.75) is 418 Å². The molecule has 5 heteroatoms. The Hall–Kier alpha value is -3.70. The summed E-state index contributed by atoms with van der Waals surface area (Å²) in [7, 11) is 0. The Morgan fingerprint density at radius 1 is 0.255 bits per heavy atom. The number of unbranched alkanes of at least 4 members (excludes halogenated alkanes) is 48. The number of aliphatic hydroxyl groups is 1. The number of rotatable bonds is 76. The summed E-state index contributed by atoms with van der Waals surface area (Å²) in [5.41, 5.74) is 0. The molecule has 542 valence electrons. The molecule has 0 bridgehead atoms. The molecule has 1 atom stereocenters. The normalized spacial score (nSPS) is 12.8. The predicted molar refractivity (Wildman–Crippen MR) is 417 cm³/mol. The number of carbonyl (C=O) groups excluding carboxylic acids is 2. The van der Waals surface area contributed by atoms with Gasteiger partial charge in [-0.25, -0.2) is 0 Å². The average Bonchev–Trinajstić information content (AvgIpc) is 3.65. The average molecular weight is 1310 g/mol. The van der Waals surface area contributed by atoms with Gasteiger partial charge in [0.1, 0.15) is 6.61 Å². The summed E-state index contributed by atoms with van der Waals surface area (Å²) in [5, 5.41) is 9.73. The lowest BCUT2D eigenvalue weighted by molar-refractivity contribution is -0.161. The molecule has 0 saturated carbocycles. The second-order valence-electron chi connectivity index (χ2n) is 27.5. The summed E-state index contributed by atoms with van der Waals surface area (Å²) in [6, 6.07) is 0. The van der Waals surface area contributed by atoms with Gasteiger partial charge in [0, 0.05) is 12.8 Å². The molecule has 94 heavy (non-hydrogen) atoms. The SMILES string of the molecule is CC/C=C\C/C=C\C/C=C\C/C=C\C/C=C\C/C=C\C/C=C\C/C=C\C/C=C\CCCCCCCCCCCCCC(=O)OC(CO)COC(=O)CCCCCCCCCCCCCCCCCCCCCCCCCCCCCCC/C=C\CCCCCCCCCC. The maximum absolute atomic E-state index is 12.4. The molecule has 0 aliphatic rings. The molecule has 1 N–H and O–H groups in total. The third kappa shape index (κ3) is 80.7. The van der Waals surface area contributed by atoms with Crippen LogP contribution in [0.3, 0.4) is 0 Å². The number of ether oxygens (including phenoxy) is 2. The van der Waals surface area contributed by atoms with Gasteiger partial charge in [-0.3, -0.25) is 9.59 Å². The Labute approximate surface area is 585 Å². The van der Waals surface area contributed by atoms with E-state index in [0.717, 1.165) is 96.3 Å². The molecule has 0 radical (unpaired) electrons. The van der Waals surface area contributed by atoms with Crippen LogP contribution in [0, 0.1) is 0 Å². The van der Waals surface area contributed by atoms with Crippen molar-refractivity contribution in [3.63, 3.8) is 0 Å². The summed E-state index contributed by atoms with van der Waals surface area (Å²) < 4.78 is 10.8. The van der Waals surface area contributed by atoms with Crippen molar-refractivity contribution in [3.05, 3.63) is 122 Å². The van der Waals surface area contributed by atoms with E-state index in [0.29, 0.717) is 12.8 Å². The van der Waals surface area contributed by atoms with Gasteiger partial charge < -0.3 is 14.6 Å². The number of hydrogen-bond donors (Lipinski definition) is 1. The molecule has 0 spiro atoms. The van der Waals surface area contributed by atoms with Crippen LogP contribution in [0.15, 0.2) is 122 Å². The summed E-state index contributed by atoms with van der Waals surface area (Å²) in [5.74, 6) is -0.581. The van der Waals surface area contributed by atoms with Gasteiger partial charge in [-0.1, -0.05) is 411 Å². The van der Waals surface area contributed by atoms with Crippen LogP contribution in [-0.2, 0) is 19.1 Å². The van der Waals surface area contributed by atoms with E-state index < -0.39 is 6.10 Å². The molecule has 1 unspecified atom stereocenters. The van der Waals surface area contributed by atoms with Gasteiger partial charge in [0.05, 0.1) is 6.61 Å². The van der Waals surface area contributed by atoms with Crippen molar-refractivity contribution < 1.29 is 24.2 Å². The van der Waals surface area contributed by atoms with E-state index >= 15 is 0 Å². The van der Waals surface area contributed by atoms with Crippen molar-refractivity contribution in [1.29, 1.82) is 0 Å². The van der Waals surface area contributed by atoms with E-state index in [4.69, 9.17) is 9.47 Å². The summed E-state index contributed by atoms with van der Waals surface area (Å²) >= 11 is 0. The van der Waals surface area contributed by atoms with Crippen LogP contribution in [-0.4, -0.2) is 36.4 Å². The Morgan fingerprint density at radius 3 is 0.702 bits per heavy atom. The molecule has 0 saturated heterocycles. The second-order valence-corrected chi connectivity index (χ2v) is 27.5. The number of allylic oxidation sites excluding steroid dienone is 20. The molecule has 0 aromatic carbocycles. The minimum absolute atomic E-state index is 0.0678. The van der Waals surface area contributed by atoms with Gasteiger partial charge in [-0.2, -0.15) is 0 Å².